The third-order valence-electron chi connectivity index (χ3n) is 2.31. The summed E-state index contributed by atoms with van der Waals surface area (Å²) in [4.78, 5) is 12.0. The molecular formula is C12H6F3IOS. The van der Waals surface area contributed by atoms with Gasteiger partial charge in [-0.15, -0.1) is 11.3 Å². The topological polar surface area (TPSA) is 17.1 Å². The van der Waals surface area contributed by atoms with Gasteiger partial charge in [-0.1, -0.05) is 18.2 Å². The predicted molar refractivity (Wildman–Crippen MR) is 71.9 cm³/mol. The molecule has 0 spiro atoms. The second-order valence-electron chi connectivity index (χ2n) is 3.51. The van der Waals surface area contributed by atoms with Crippen molar-refractivity contribution in [3.05, 3.63) is 55.3 Å². The van der Waals surface area contributed by atoms with Crippen molar-refractivity contribution < 1.29 is 18.0 Å². The number of halogens is 4. The monoisotopic (exact) mass is 382 g/mol. The molecule has 6 heteroatoms. The van der Waals surface area contributed by atoms with Gasteiger partial charge in [-0.05, 0) is 34.7 Å². The van der Waals surface area contributed by atoms with Gasteiger partial charge in [-0.25, -0.2) is 0 Å². The molecule has 0 saturated carbocycles. The minimum Gasteiger partial charge on any atom is -0.289 e. The quantitative estimate of drug-likeness (QED) is 0.548. The van der Waals surface area contributed by atoms with Crippen LogP contribution in [0.5, 0.6) is 0 Å². The fraction of sp³-hybridized carbons (Fsp3) is 0.0833. The minimum absolute atomic E-state index is 0.293. The van der Waals surface area contributed by atoms with Crippen LogP contribution in [0.15, 0.2) is 35.7 Å². The Labute approximate surface area is 119 Å². The molecule has 0 radical (unpaired) electrons. The number of carbonyl (C=O) groups is 1. The molecule has 0 aliphatic carbocycles. The summed E-state index contributed by atoms with van der Waals surface area (Å²) < 4.78 is 39.2. The van der Waals surface area contributed by atoms with Crippen LogP contribution in [0.3, 0.4) is 0 Å². The number of hydrogen-bond acceptors (Lipinski definition) is 2. The Morgan fingerprint density at radius 3 is 2.44 bits per heavy atom. The molecule has 1 aromatic heterocycles. The Morgan fingerprint density at radius 1 is 1.22 bits per heavy atom. The van der Waals surface area contributed by atoms with Crippen molar-refractivity contribution in [2.75, 3.05) is 0 Å². The van der Waals surface area contributed by atoms with Crippen LogP contribution in [-0.2, 0) is 6.18 Å². The number of alkyl halides is 3. The van der Waals surface area contributed by atoms with Crippen molar-refractivity contribution in [2.24, 2.45) is 0 Å². The van der Waals surface area contributed by atoms with E-state index in [1.165, 1.54) is 29.5 Å². The Hall–Kier alpha value is -0.890. The van der Waals surface area contributed by atoms with Crippen LogP contribution in [0.2, 0.25) is 0 Å². The number of hydrogen-bond donors (Lipinski definition) is 0. The van der Waals surface area contributed by atoms with Crippen molar-refractivity contribution in [2.45, 2.75) is 6.18 Å². The van der Waals surface area contributed by atoms with Gasteiger partial charge >= 0.3 is 6.18 Å². The van der Waals surface area contributed by atoms with Gasteiger partial charge in [-0.2, -0.15) is 13.2 Å². The van der Waals surface area contributed by atoms with Crippen LogP contribution in [0.1, 0.15) is 21.5 Å². The lowest BCUT2D eigenvalue weighted by atomic mass is 10.00. The third-order valence-corrected chi connectivity index (χ3v) is 4.10. The summed E-state index contributed by atoms with van der Waals surface area (Å²) in [6.45, 7) is 0. The van der Waals surface area contributed by atoms with Crippen molar-refractivity contribution in [1.29, 1.82) is 0 Å². The molecule has 0 aliphatic heterocycles. The number of thiophene rings is 1. The highest BCUT2D eigenvalue weighted by atomic mass is 127. The van der Waals surface area contributed by atoms with Gasteiger partial charge in [0.05, 0.1) is 8.45 Å². The van der Waals surface area contributed by atoms with Gasteiger partial charge in [0.25, 0.3) is 0 Å². The number of carbonyl (C=O) groups excluding carboxylic acids is 1. The molecule has 0 fully saturated rings. The van der Waals surface area contributed by atoms with E-state index in [-0.39, 0.29) is 5.56 Å². The van der Waals surface area contributed by atoms with E-state index in [9.17, 15) is 18.0 Å². The van der Waals surface area contributed by atoms with E-state index in [2.05, 4.69) is 0 Å². The smallest absolute Gasteiger partial charge is 0.289 e. The highest BCUT2D eigenvalue weighted by Crippen LogP contribution is 2.33. The number of rotatable bonds is 2. The van der Waals surface area contributed by atoms with Crippen LogP contribution < -0.4 is 0 Å². The van der Waals surface area contributed by atoms with Crippen molar-refractivity contribution in [3.63, 3.8) is 0 Å². The standard InChI is InChI=1S/C12H6F3IOS/c13-12(14,15)9-4-2-1-3-8(9)11(17)7-5-10(16)18-6-7/h1-6H. The van der Waals surface area contributed by atoms with Crippen molar-refractivity contribution in [3.8, 4) is 0 Å². The molecule has 18 heavy (non-hydrogen) atoms. The molecule has 2 rings (SSSR count). The number of ketones is 1. The molecule has 0 unspecified atom stereocenters. The van der Waals surface area contributed by atoms with Crippen LogP contribution in [-0.4, -0.2) is 5.78 Å². The first-order valence-corrected chi connectivity index (χ1v) is 6.80. The fourth-order valence-electron chi connectivity index (χ4n) is 1.51. The summed E-state index contributed by atoms with van der Waals surface area (Å²) in [6, 6.07) is 6.41. The average molecular weight is 382 g/mol. The molecule has 1 aromatic carbocycles. The predicted octanol–water partition coefficient (Wildman–Crippen LogP) is 4.60. The summed E-state index contributed by atoms with van der Waals surface area (Å²) in [5.41, 5.74) is -0.906. The molecule has 2 aromatic rings. The molecule has 0 aliphatic rings. The highest BCUT2D eigenvalue weighted by molar-refractivity contribution is 14.1. The average Bonchev–Trinajstić information content (AvgIpc) is 2.74. The van der Waals surface area contributed by atoms with E-state index >= 15 is 0 Å². The summed E-state index contributed by atoms with van der Waals surface area (Å²) in [5.74, 6) is -0.595. The van der Waals surface area contributed by atoms with Gasteiger partial charge in [0, 0.05) is 16.5 Å². The van der Waals surface area contributed by atoms with Crippen molar-refractivity contribution in [1.82, 2.24) is 0 Å². The van der Waals surface area contributed by atoms with Gasteiger partial charge < -0.3 is 0 Å². The molecule has 0 amide bonds. The Bertz CT molecular complexity index is 589. The highest BCUT2D eigenvalue weighted by Gasteiger charge is 2.35. The van der Waals surface area contributed by atoms with Gasteiger partial charge in [0.1, 0.15) is 0 Å². The summed E-state index contributed by atoms with van der Waals surface area (Å²) in [6.07, 6.45) is -4.52. The summed E-state index contributed by atoms with van der Waals surface area (Å²) in [7, 11) is 0. The van der Waals surface area contributed by atoms with E-state index in [0.717, 1.165) is 8.95 Å². The first kappa shape index (κ1) is 13.5. The molecule has 0 bridgehead atoms. The zero-order valence-electron chi connectivity index (χ0n) is 8.79. The van der Waals surface area contributed by atoms with Crippen LogP contribution >= 0.6 is 33.9 Å². The van der Waals surface area contributed by atoms with E-state index in [1.54, 1.807) is 11.4 Å². The molecule has 1 nitrogen and oxygen atoms in total. The Balaban J connectivity index is 2.49. The lowest BCUT2D eigenvalue weighted by Gasteiger charge is -2.10. The van der Waals surface area contributed by atoms with E-state index in [4.69, 9.17) is 0 Å². The summed E-state index contributed by atoms with van der Waals surface area (Å²) >= 11 is 3.35. The van der Waals surface area contributed by atoms with Gasteiger partial charge in [0.2, 0.25) is 0 Å². The first-order valence-electron chi connectivity index (χ1n) is 4.84. The van der Waals surface area contributed by atoms with Crippen molar-refractivity contribution >= 4 is 39.7 Å². The lowest BCUT2D eigenvalue weighted by molar-refractivity contribution is -0.137. The normalized spacial score (nSPS) is 11.6. The van der Waals surface area contributed by atoms with Gasteiger partial charge in [-0.3, -0.25) is 4.79 Å². The fourth-order valence-corrected chi connectivity index (χ4v) is 2.84. The largest absolute Gasteiger partial charge is 0.417 e. The first-order chi connectivity index (χ1) is 8.39. The maximum Gasteiger partial charge on any atom is 0.417 e. The molecule has 94 valence electrons. The Morgan fingerprint density at radius 2 is 1.89 bits per heavy atom. The molecule has 0 saturated heterocycles. The molecule has 0 N–H and O–H groups in total. The minimum atomic E-state index is -4.52. The second kappa shape index (κ2) is 5.00. The van der Waals surface area contributed by atoms with E-state index in [1.807, 2.05) is 22.6 Å². The molecule has 0 atom stereocenters. The second-order valence-corrected chi connectivity index (χ2v) is 6.32. The third kappa shape index (κ3) is 2.74. The zero-order valence-corrected chi connectivity index (χ0v) is 11.8. The van der Waals surface area contributed by atoms with Crippen LogP contribution in [0.4, 0.5) is 13.2 Å². The lowest BCUT2D eigenvalue weighted by Crippen LogP contribution is -2.13. The maximum absolute atomic E-state index is 12.8. The molecular weight excluding hydrogens is 376 g/mol. The molecule has 1 heterocycles. The maximum atomic E-state index is 12.8. The van der Waals surface area contributed by atoms with E-state index in [0.29, 0.717) is 5.56 Å². The summed E-state index contributed by atoms with van der Waals surface area (Å²) in [5, 5.41) is 1.57. The number of benzene rings is 1. The van der Waals surface area contributed by atoms with Crippen LogP contribution in [0.25, 0.3) is 0 Å². The van der Waals surface area contributed by atoms with Crippen LogP contribution in [0, 0.1) is 2.88 Å². The van der Waals surface area contributed by atoms with Gasteiger partial charge in [0.15, 0.2) is 5.78 Å². The Kier molecular flexibility index (Phi) is 3.76. The van der Waals surface area contributed by atoms with E-state index < -0.39 is 17.5 Å². The zero-order chi connectivity index (χ0) is 13.3. The SMILES string of the molecule is O=C(c1csc(I)c1)c1ccccc1C(F)(F)F.